The number of esters is 2. The van der Waals surface area contributed by atoms with Gasteiger partial charge in [-0.25, -0.2) is 30.0 Å². The lowest BCUT2D eigenvalue weighted by molar-refractivity contribution is -0.179. The molecule has 3 fully saturated rings. The van der Waals surface area contributed by atoms with Gasteiger partial charge in [-0.15, -0.1) is 11.3 Å². The minimum absolute atomic E-state index is 0.0558. The van der Waals surface area contributed by atoms with Crippen molar-refractivity contribution in [1.82, 2.24) is 25.1 Å². The Bertz CT molecular complexity index is 2130. The molecule has 0 bridgehead atoms. The van der Waals surface area contributed by atoms with Crippen LogP contribution in [0.5, 0.6) is 0 Å². The fraction of sp³-hybridized carbons (Fsp3) is 0.450. The SMILES string of the molecule is CC(C)(C)OC(=O)Nc1nc(/C(=N/OC(C)(C)C(=O)OC(C)(C)C)C(=O)N[C@@H]2C(=O)N3C[C@@](C(=O)OC(c4ccccc4)c4ccccc4)(N4CCN(N)C4=O)S[C@@H]23)cs1. The van der Waals surface area contributed by atoms with Crippen LogP contribution < -0.4 is 16.5 Å². The number of hydrazine groups is 1. The van der Waals surface area contributed by atoms with Crippen LogP contribution in [0.2, 0.25) is 0 Å². The minimum atomic E-state index is -1.75. The summed E-state index contributed by atoms with van der Waals surface area (Å²) < 4.78 is 17.1. The van der Waals surface area contributed by atoms with Crippen molar-refractivity contribution in [2.24, 2.45) is 11.0 Å². The number of urea groups is 1. The highest BCUT2D eigenvalue weighted by molar-refractivity contribution is 8.02. The number of hydrogen-bond donors (Lipinski definition) is 3. The highest BCUT2D eigenvalue weighted by Crippen LogP contribution is 2.51. The largest absolute Gasteiger partial charge is 0.457 e. The van der Waals surface area contributed by atoms with Crippen LogP contribution in [0.3, 0.4) is 0 Å². The number of carbonyl (C=O) groups is 6. The van der Waals surface area contributed by atoms with Gasteiger partial charge in [-0.1, -0.05) is 77.6 Å². The molecule has 0 saturated carbocycles. The third-order valence-corrected chi connectivity index (χ3v) is 11.6. The number of carbonyl (C=O) groups excluding carboxylic acids is 6. The van der Waals surface area contributed by atoms with Gasteiger partial charge in [-0.3, -0.25) is 24.8 Å². The van der Waals surface area contributed by atoms with E-state index in [1.54, 1.807) is 41.5 Å². The van der Waals surface area contributed by atoms with Gasteiger partial charge in [0.25, 0.3) is 5.91 Å². The predicted molar refractivity (Wildman–Crippen MR) is 221 cm³/mol. The number of rotatable bonds is 12. The van der Waals surface area contributed by atoms with Crippen LogP contribution in [-0.4, -0.2) is 114 Å². The zero-order valence-electron chi connectivity index (χ0n) is 34.4. The number of nitrogens with one attached hydrogen (secondary N) is 2. The molecule has 0 aliphatic carbocycles. The summed E-state index contributed by atoms with van der Waals surface area (Å²) in [6.07, 6.45) is -1.65. The van der Waals surface area contributed by atoms with Gasteiger partial charge in [0.15, 0.2) is 16.9 Å². The summed E-state index contributed by atoms with van der Waals surface area (Å²) >= 11 is 1.94. The van der Waals surface area contributed by atoms with Gasteiger partial charge in [0.05, 0.1) is 13.1 Å². The van der Waals surface area contributed by atoms with Crippen LogP contribution in [0.15, 0.2) is 71.2 Å². The van der Waals surface area contributed by atoms with Gasteiger partial charge in [0.1, 0.15) is 28.3 Å². The lowest BCUT2D eigenvalue weighted by Gasteiger charge is -2.41. The standard InChI is InChI=1S/C40H48N8O10S2/c1-37(2,3)56-32(51)39(7,8)58-45-26(25-21-59-34(42-25)44-35(53)57-38(4,5)6)29(49)43-27-30(50)46-22-40(60-31(27)46,47-19-20-48(41)36(47)54)33(52)55-28(23-15-11-9-12-16-23)24-17-13-10-14-18-24/h9-18,21,27-28,31H,19-20,22,41H2,1-8H3,(H,43,49)(H,42,44,53)/b45-26-/t27-,31+,40-/m1/s1. The molecule has 2 aromatic carbocycles. The summed E-state index contributed by atoms with van der Waals surface area (Å²) in [5.74, 6) is 2.96. The molecule has 18 nitrogen and oxygen atoms in total. The Kier molecular flexibility index (Phi) is 12.2. The maximum absolute atomic E-state index is 14.6. The van der Waals surface area contributed by atoms with Gasteiger partial charge in [0.2, 0.25) is 16.4 Å². The normalized spacial score (nSPS) is 20.7. The van der Waals surface area contributed by atoms with E-state index in [4.69, 9.17) is 24.9 Å². The van der Waals surface area contributed by atoms with Crippen molar-refractivity contribution in [1.29, 1.82) is 0 Å². The van der Waals surface area contributed by atoms with Gasteiger partial charge in [-0.2, -0.15) is 0 Å². The molecule has 1 aromatic heterocycles. The molecule has 3 saturated heterocycles. The molecule has 6 rings (SSSR count). The number of thioether (sulfide) groups is 1. The molecule has 3 atom stereocenters. The second-order valence-corrected chi connectivity index (χ2v) is 18.9. The fourth-order valence-corrected chi connectivity index (χ4v) is 8.67. The molecule has 20 heteroatoms. The summed E-state index contributed by atoms with van der Waals surface area (Å²) in [4.78, 5) is 92.6. The van der Waals surface area contributed by atoms with E-state index in [-0.39, 0.29) is 30.5 Å². The molecule has 3 aliphatic rings. The van der Waals surface area contributed by atoms with E-state index < -0.39 is 80.8 Å². The Balaban J connectivity index is 1.28. The number of β-lactam (4-membered cyclic amide) rings is 1. The topological polar surface area (TPSA) is 224 Å². The number of anilines is 1. The molecule has 5 amide bonds. The fourth-order valence-electron chi connectivity index (χ4n) is 6.31. The van der Waals surface area contributed by atoms with Crippen molar-refractivity contribution in [3.63, 3.8) is 0 Å². The number of ether oxygens (including phenoxy) is 3. The average Bonchev–Trinajstić information content (AvgIpc) is 3.88. The second-order valence-electron chi connectivity index (χ2n) is 16.7. The Labute approximate surface area is 355 Å². The maximum atomic E-state index is 14.6. The number of benzene rings is 2. The Hall–Kier alpha value is -5.73. The number of thiazole rings is 1. The van der Waals surface area contributed by atoms with Crippen LogP contribution in [0.4, 0.5) is 14.7 Å². The second kappa shape index (κ2) is 16.7. The molecular formula is C40H48N8O10S2. The Morgan fingerprint density at radius 1 is 0.900 bits per heavy atom. The van der Waals surface area contributed by atoms with Crippen molar-refractivity contribution in [3.05, 3.63) is 82.9 Å². The smallest absolute Gasteiger partial charge is 0.413 e. The highest BCUT2D eigenvalue weighted by Gasteiger charge is 2.67. The highest BCUT2D eigenvalue weighted by atomic mass is 32.2. The van der Waals surface area contributed by atoms with Gasteiger partial charge >= 0.3 is 24.1 Å². The molecule has 3 aromatic rings. The van der Waals surface area contributed by atoms with Crippen LogP contribution in [-0.2, 0) is 38.2 Å². The molecule has 0 unspecified atom stereocenters. The minimum Gasteiger partial charge on any atom is -0.457 e. The van der Waals surface area contributed by atoms with Crippen molar-refractivity contribution in [2.45, 2.75) is 94.6 Å². The first kappa shape index (κ1) is 43.8. The van der Waals surface area contributed by atoms with Gasteiger partial charge in [0, 0.05) is 11.9 Å². The third kappa shape index (κ3) is 9.50. The maximum Gasteiger partial charge on any atom is 0.413 e. The molecule has 0 spiro atoms. The average molecular weight is 865 g/mol. The number of oxime groups is 1. The van der Waals surface area contributed by atoms with Crippen LogP contribution in [0, 0.1) is 0 Å². The number of fused-ring (bicyclic) bond motifs is 1. The van der Waals surface area contributed by atoms with E-state index in [9.17, 15) is 28.8 Å². The molecule has 4 N–H and O–H groups in total. The number of aromatic nitrogens is 1. The molecule has 320 valence electrons. The Morgan fingerprint density at radius 3 is 2.05 bits per heavy atom. The summed E-state index contributed by atoms with van der Waals surface area (Å²) in [6.45, 7) is 12.9. The van der Waals surface area contributed by atoms with E-state index in [0.29, 0.717) is 11.1 Å². The summed E-state index contributed by atoms with van der Waals surface area (Å²) in [6, 6.07) is 16.4. The van der Waals surface area contributed by atoms with Gasteiger partial charge in [-0.05, 0) is 66.5 Å². The van der Waals surface area contributed by atoms with Crippen molar-refractivity contribution in [2.75, 3.05) is 25.0 Å². The zero-order chi connectivity index (χ0) is 43.8. The van der Waals surface area contributed by atoms with Crippen LogP contribution in [0.1, 0.15) is 78.3 Å². The molecule has 3 aliphatic heterocycles. The predicted octanol–water partition coefficient (Wildman–Crippen LogP) is 4.37. The Morgan fingerprint density at radius 2 is 1.50 bits per heavy atom. The van der Waals surface area contributed by atoms with E-state index in [1.807, 2.05) is 60.7 Å². The van der Waals surface area contributed by atoms with Gasteiger partial charge < -0.3 is 29.3 Å². The zero-order valence-corrected chi connectivity index (χ0v) is 36.0. The third-order valence-electron chi connectivity index (χ3n) is 9.18. The molecule has 0 radical (unpaired) electrons. The first-order chi connectivity index (χ1) is 28.1. The molecule has 4 heterocycles. The lowest BCUT2D eigenvalue weighted by atomic mass is 10.0. The quantitative estimate of drug-likeness (QED) is 0.0438. The van der Waals surface area contributed by atoms with E-state index in [1.165, 1.54) is 29.0 Å². The van der Waals surface area contributed by atoms with E-state index in [0.717, 1.165) is 28.1 Å². The summed E-state index contributed by atoms with van der Waals surface area (Å²) in [5, 5.41) is 10.9. The lowest BCUT2D eigenvalue weighted by Crippen LogP contribution is -2.68. The van der Waals surface area contributed by atoms with Crippen molar-refractivity contribution >= 4 is 69.8 Å². The number of nitrogens with zero attached hydrogens (tertiary/aromatic N) is 5. The monoisotopic (exact) mass is 864 g/mol. The summed E-state index contributed by atoms with van der Waals surface area (Å²) in [7, 11) is 0. The summed E-state index contributed by atoms with van der Waals surface area (Å²) in [5.41, 5.74) is -2.49. The van der Waals surface area contributed by atoms with E-state index >= 15 is 0 Å². The van der Waals surface area contributed by atoms with E-state index in [2.05, 4.69) is 20.8 Å². The number of nitrogens with two attached hydrogens (primary N) is 1. The number of hydrogen-bond acceptors (Lipinski definition) is 15. The molecular weight excluding hydrogens is 817 g/mol. The first-order valence-electron chi connectivity index (χ1n) is 19.0. The van der Waals surface area contributed by atoms with Crippen LogP contribution >= 0.6 is 23.1 Å². The first-order valence-corrected chi connectivity index (χ1v) is 20.7. The van der Waals surface area contributed by atoms with Crippen LogP contribution in [0.25, 0.3) is 0 Å². The van der Waals surface area contributed by atoms with Crippen molar-refractivity contribution in [3.8, 4) is 0 Å². The van der Waals surface area contributed by atoms with Crippen molar-refractivity contribution < 1.29 is 47.8 Å². The number of amides is 5. The molecule has 60 heavy (non-hydrogen) atoms.